The highest BCUT2D eigenvalue weighted by atomic mass is 16.5. The Morgan fingerprint density at radius 1 is 1.24 bits per heavy atom. The van der Waals surface area contributed by atoms with Crippen LogP contribution in [0.1, 0.15) is 17.4 Å². The number of nitrogens with zero attached hydrogens (tertiary/aromatic N) is 3. The zero-order valence-electron chi connectivity index (χ0n) is 12.5. The monoisotopic (exact) mass is 294 g/mol. The first-order valence-corrected chi connectivity index (χ1v) is 7.08. The lowest BCUT2D eigenvalue weighted by Gasteiger charge is -2.34. The molecule has 0 spiro atoms. The van der Waals surface area contributed by atoms with E-state index in [0.29, 0.717) is 44.1 Å². The second-order valence-corrected chi connectivity index (χ2v) is 5.05. The van der Waals surface area contributed by atoms with Crippen LogP contribution < -0.4 is 5.73 Å². The Kier molecular flexibility index (Phi) is 4.85. The van der Waals surface area contributed by atoms with Gasteiger partial charge in [-0.25, -0.2) is 0 Å². The van der Waals surface area contributed by atoms with Crippen molar-refractivity contribution in [3.8, 4) is 0 Å². The van der Waals surface area contributed by atoms with Gasteiger partial charge in [0.1, 0.15) is 12.3 Å². The number of aromatic nitrogens is 1. The Morgan fingerprint density at radius 2 is 1.86 bits per heavy atom. The van der Waals surface area contributed by atoms with Gasteiger partial charge in [-0.1, -0.05) is 0 Å². The summed E-state index contributed by atoms with van der Waals surface area (Å²) in [6, 6.07) is 1.70. The van der Waals surface area contributed by atoms with Crippen LogP contribution in [0.4, 0.5) is 5.69 Å². The number of methoxy groups -OCH3 is 1. The van der Waals surface area contributed by atoms with Crippen molar-refractivity contribution >= 4 is 17.5 Å². The van der Waals surface area contributed by atoms with Gasteiger partial charge in [0, 0.05) is 46.0 Å². The van der Waals surface area contributed by atoms with Gasteiger partial charge in [-0.05, 0) is 13.0 Å². The largest absolute Gasteiger partial charge is 0.397 e. The number of nitrogens with two attached hydrogens (primary N) is 1. The molecule has 7 heteroatoms. The second kappa shape index (κ2) is 6.62. The first-order chi connectivity index (χ1) is 10.1. The third kappa shape index (κ3) is 3.36. The number of carbonyl (C=O) groups is 2. The maximum absolute atomic E-state index is 12.5. The lowest BCUT2D eigenvalue weighted by atomic mass is 10.2. The maximum atomic E-state index is 12.5. The van der Waals surface area contributed by atoms with E-state index in [2.05, 4.69) is 0 Å². The SMILES string of the molecule is CCn1cc(N)cc1C(=O)N1CCN(C(=O)COC)CC1. The van der Waals surface area contributed by atoms with E-state index in [-0.39, 0.29) is 18.4 Å². The highest BCUT2D eigenvalue weighted by Gasteiger charge is 2.26. The molecule has 116 valence electrons. The standard InChI is InChI=1S/C14H22N4O3/c1-3-16-9-11(15)8-12(16)14(20)18-6-4-17(5-7-18)13(19)10-21-2/h8-9H,3-7,10,15H2,1-2H3. The fourth-order valence-corrected chi connectivity index (χ4v) is 2.51. The van der Waals surface area contributed by atoms with Crippen molar-refractivity contribution in [2.24, 2.45) is 0 Å². The Balaban J connectivity index is 1.98. The van der Waals surface area contributed by atoms with Crippen LogP contribution in [0.2, 0.25) is 0 Å². The summed E-state index contributed by atoms with van der Waals surface area (Å²) >= 11 is 0. The van der Waals surface area contributed by atoms with Crippen LogP contribution in [-0.4, -0.2) is 66.1 Å². The van der Waals surface area contributed by atoms with E-state index in [9.17, 15) is 9.59 Å². The van der Waals surface area contributed by atoms with E-state index in [1.165, 1.54) is 7.11 Å². The molecule has 0 saturated carbocycles. The van der Waals surface area contributed by atoms with Crippen LogP contribution in [0.15, 0.2) is 12.3 Å². The predicted molar refractivity (Wildman–Crippen MR) is 78.9 cm³/mol. The minimum atomic E-state index is -0.0363. The normalized spacial score (nSPS) is 15.3. The molecule has 1 fully saturated rings. The molecule has 0 unspecified atom stereocenters. The summed E-state index contributed by atoms with van der Waals surface area (Å²) in [7, 11) is 1.50. The zero-order valence-corrected chi connectivity index (χ0v) is 12.5. The van der Waals surface area contributed by atoms with Gasteiger partial charge in [0.25, 0.3) is 5.91 Å². The summed E-state index contributed by atoms with van der Waals surface area (Å²) < 4.78 is 6.69. The Labute approximate surface area is 124 Å². The van der Waals surface area contributed by atoms with Gasteiger partial charge in [-0.15, -0.1) is 0 Å². The van der Waals surface area contributed by atoms with Gasteiger partial charge in [0.05, 0.1) is 5.69 Å². The van der Waals surface area contributed by atoms with Gasteiger partial charge < -0.3 is 24.8 Å². The molecule has 2 heterocycles. The third-order valence-electron chi connectivity index (χ3n) is 3.66. The summed E-state index contributed by atoms with van der Waals surface area (Å²) in [6.45, 7) is 4.89. The van der Waals surface area contributed by atoms with Crippen LogP contribution in [-0.2, 0) is 16.1 Å². The van der Waals surface area contributed by atoms with Crippen molar-refractivity contribution in [3.05, 3.63) is 18.0 Å². The molecule has 1 aliphatic rings. The zero-order chi connectivity index (χ0) is 15.4. The fourth-order valence-electron chi connectivity index (χ4n) is 2.51. The second-order valence-electron chi connectivity index (χ2n) is 5.05. The van der Waals surface area contributed by atoms with Gasteiger partial charge in [0.2, 0.25) is 5.91 Å². The van der Waals surface area contributed by atoms with Crippen LogP contribution in [0.3, 0.4) is 0 Å². The molecule has 0 aliphatic carbocycles. The minimum Gasteiger partial charge on any atom is -0.397 e. The van der Waals surface area contributed by atoms with Crippen molar-refractivity contribution in [2.45, 2.75) is 13.5 Å². The number of piperazine rings is 1. The molecule has 21 heavy (non-hydrogen) atoms. The number of aryl methyl sites for hydroxylation is 1. The Hall–Kier alpha value is -2.02. The number of hydrogen-bond donors (Lipinski definition) is 1. The molecule has 1 aromatic rings. The lowest BCUT2D eigenvalue weighted by molar-refractivity contribution is -0.136. The topological polar surface area (TPSA) is 80.8 Å². The van der Waals surface area contributed by atoms with Crippen LogP contribution >= 0.6 is 0 Å². The molecule has 1 aliphatic heterocycles. The lowest BCUT2D eigenvalue weighted by Crippen LogP contribution is -2.51. The molecular weight excluding hydrogens is 272 g/mol. The molecular formula is C14H22N4O3. The highest BCUT2D eigenvalue weighted by Crippen LogP contribution is 2.14. The van der Waals surface area contributed by atoms with Crippen molar-refractivity contribution in [2.75, 3.05) is 45.6 Å². The van der Waals surface area contributed by atoms with Gasteiger partial charge in [-0.3, -0.25) is 9.59 Å². The first kappa shape index (κ1) is 15.4. The van der Waals surface area contributed by atoms with Crippen LogP contribution in [0, 0.1) is 0 Å². The Bertz CT molecular complexity index is 518. The highest BCUT2D eigenvalue weighted by molar-refractivity contribution is 5.94. The van der Waals surface area contributed by atoms with Gasteiger partial charge in [0.15, 0.2) is 0 Å². The smallest absolute Gasteiger partial charge is 0.270 e. The fraction of sp³-hybridized carbons (Fsp3) is 0.571. The quantitative estimate of drug-likeness (QED) is 0.849. The van der Waals surface area contributed by atoms with E-state index in [0.717, 1.165) is 0 Å². The maximum Gasteiger partial charge on any atom is 0.270 e. The number of hydrogen-bond acceptors (Lipinski definition) is 4. The van der Waals surface area contributed by atoms with Gasteiger partial charge >= 0.3 is 0 Å². The average Bonchev–Trinajstić information content (AvgIpc) is 2.88. The molecule has 2 rings (SSSR count). The number of anilines is 1. The van der Waals surface area contributed by atoms with Crippen molar-refractivity contribution in [1.82, 2.24) is 14.4 Å². The van der Waals surface area contributed by atoms with E-state index >= 15 is 0 Å². The molecule has 7 nitrogen and oxygen atoms in total. The summed E-state index contributed by atoms with van der Waals surface area (Å²) in [5.74, 6) is -0.0711. The molecule has 1 aromatic heterocycles. The average molecular weight is 294 g/mol. The van der Waals surface area contributed by atoms with E-state index < -0.39 is 0 Å². The van der Waals surface area contributed by atoms with E-state index in [4.69, 9.17) is 10.5 Å². The number of ether oxygens (including phenoxy) is 1. The first-order valence-electron chi connectivity index (χ1n) is 7.08. The number of nitrogen functional groups attached to an aromatic ring is 1. The summed E-state index contributed by atoms with van der Waals surface area (Å²) in [6.07, 6.45) is 1.77. The number of carbonyl (C=O) groups excluding carboxylic acids is 2. The third-order valence-corrected chi connectivity index (χ3v) is 3.66. The molecule has 0 radical (unpaired) electrons. The van der Waals surface area contributed by atoms with Crippen molar-refractivity contribution < 1.29 is 14.3 Å². The molecule has 0 aromatic carbocycles. The molecule has 0 atom stereocenters. The summed E-state index contributed by atoms with van der Waals surface area (Å²) in [4.78, 5) is 27.7. The summed E-state index contributed by atoms with van der Waals surface area (Å²) in [5, 5.41) is 0. The molecule has 2 N–H and O–H groups in total. The number of rotatable bonds is 4. The van der Waals surface area contributed by atoms with E-state index in [1.54, 1.807) is 22.1 Å². The number of amides is 2. The van der Waals surface area contributed by atoms with Crippen LogP contribution in [0.5, 0.6) is 0 Å². The minimum absolute atomic E-state index is 0.0348. The van der Waals surface area contributed by atoms with E-state index in [1.807, 2.05) is 11.5 Å². The Morgan fingerprint density at radius 3 is 2.43 bits per heavy atom. The predicted octanol–water partition coefficient (Wildman–Crippen LogP) is 0.0210. The molecule has 2 amide bonds. The van der Waals surface area contributed by atoms with Crippen molar-refractivity contribution in [3.63, 3.8) is 0 Å². The summed E-state index contributed by atoms with van der Waals surface area (Å²) in [5.41, 5.74) is 6.95. The van der Waals surface area contributed by atoms with Crippen LogP contribution in [0.25, 0.3) is 0 Å². The molecule has 1 saturated heterocycles. The van der Waals surface area contributed by atoms with Gasteiger partial charge in [-0.2, -0.15) is 0 Å². The van der Waals surface area contributed by atoms with Crippen molar-refractivity contribution in [1.29, 1.82) is 0 Å². The molecule has 0 bridgehead atoms.